The molecule has 0 saturated heterocycles. The Morgan fingerprint density at radius 2 is 2.29 bits per heavy atom. The van der Waals surface area contributed by atoms with Crippen LogP contribution in [0.5, 0.6) is 0 Å². The van der Waals surface area contributed by atoms with E-state index in [9.17, 15) is 8.78 Å². The van der Waals surface area contributed by atoms with Crippen molar-refractivity contribution in [3.63, 3.8) is 0 Å². The van der Waals surface area contributed by atoms with Crippen LogP contribution < -0.4 is 0 Å². The molecule has 1 unspecified atom stereocenters. The van der Waals surface area contributed by atoms with Gasteiger partial charge < -0.3 is 0 Å². The Morgan fingerprint density at radius 1 is 1.53 bits per heavy atom. The first-order chi connectivity index (χ1) is 8.17. The molecule has 1 heterocycles. The van der Waals surface area contributed by atoms with Crippen LogP contribution in [0.15, 0.2) is 12.3 Å². The topological polar surface area (TPSA) is 17.8 Å². The predicted molar refractivity (Wildman–Crippen MR) is 74.6 cm³/mol. The molecule has 0 aliphatic rings. The molecule has 0 aliphatic carbocycles. The van der Waals surface area contributed by atoms with Crippen LogP contribution in [0.2, 0.25) is 0 Å². The van der Waals surface area contributed by atoms with Crippen molar-refractivity contribution < 1.29 is 8.78 Å². The van der Waals surface area contributed by atoms with Crippen molar-refractivity contribution >= 4 is 39.3 Å². The van der Waals surface area contributed by atoms with Crippen LogP contribution >= 0.6 is 28.4 Å². The monoisotopic (exact) mass is 364 g/mol. The van der Waals surface area contributed by atoms with E-state index < -0.39 is 11.6 Å². The Bertz CT molecular complexity index is 628. The Hall–Kier alpha value is -0.730. The lowest BCUT2D eigenvalue weighted by Gasteiger charge is -1.96. The second kappa shape index (κ2) is 5.28. The van der Waals surface area contributed by atoms with Crippen LogP contribution in [-0.4, -0.2) is 9.55 Å². The van der Waals surface area contributed by atoms with Gasteiger partial charge in [-0.15, -0.1) is 0 Å². The van der Waals surface area contributed by atoms with Crippen molar-refractivity contribution in [2.75, 3.05) is 0 Å². The molecule has 0 bridgehead atoms. The Kier molecular flexibility index (Phi) is 3.95. The zero-order valence-electron chi connectivity index (χ0n) is 8.89. The van der Waals surface area contributed by atoms with Crippen molar-refractivity contribution in [3.05, 3.63) is 29.5 Å². The van der Waals surface area contributed by atoms with Crippen LogP contribution in [-0.2, 0) is 0 Å². The summed E-state index contributed by atoms with van der Waals surface area (Å²) in [4.78, 5) is 0. The van der Waals surface area contributed by atoms with Crippen LogP contribution in [0, 0.1) is 23.5 Å². The normalized spacial score (nSPS) is 11.1. The predicted octanol–water partition coefficient (Wildman–Crippen LogP) is 3.87. The number of nitrogens with zero attached hydrogens (tertiary/aromatic N) is 2. The summed E-state index contributed by atoms with van der Waals surface area (Å²) in [6.07, 6.45) is 2.42. The summed E-state index contributed by atoms with van der Waals surface area (Å²) < 4.78 is 29.2. The zero-order valence-corrected chi connectivity index (χ0v) is 12.0. The summed E-state index contributed by atoms with van der Waals surface area (Å²) in [5, 5.41) is 4.16. The van der Waals surface area contributed by atoms with Crippen molar-refractivity contribution in [3.8, 4) is 11.8 Å². The smallest absolute Gasteiger partial charge is 0.152 e. The standard InChI is InChI=1S/C11H8F2IN2P/c1-2-3-4-7-5-9(12)11-8(10(7)13)6-16(15-11)17-14/h5-6,17H,2H2,1H3. The van der Waals surface area contributed by atoms with E-state index in [2.05, 4.69) is 39.0 Å². The molecule has 17 heavy (non-hydrogen) atoms. The summed E-state index contributed by atoms with van der Waals surface area (Å²) in [6, 6.07) is 1.11. The minimum absolute atomic E-state index is 0.0636. The van der Waals surface area contributed by atoms with Gasteiger partial charge in [0.2, 0.25) is 0 Å². The summed E-state index contributed by atoms with van der Waals surface area (Å²) in [7, 11) is 0. The van der Waals surface area contributed by atoms with Gasteiger partial charge in [-0.05, 0) is 28.1 Å². The molecular formula is C11H8F2IN2P. The van der Waals surface area contributed by atoms with Gasteiger partial charge in [-0.2, -0.15) is 5.10 Å². The van der Waals surface area contributed by atoms with Crippen molar-refractivity contribution in [1.82, 2.24) is 9.55 Å². The van der Waals surface area contributed by atoms with Gasteiger partial charge in [0.25, 0.3) is 0 Å². The summed E-state index contributed by atoms with van der Waals surface area (Å²) in [5.74, 6) is 4.33. The number of hydrogen-bond donors (Lipinski definition) is 0. The number of benzene rings is 1. The fourth-order valence-corrected chi connectivity index (χ4v) is 2.49. The lowest BCUT2D eigenvalue weighted by molar-refractivity contribution is 0.613. The third-order valence-corrected chi connectivity index (χ3v) is 4.06. The average Bonchev–Trinajstić information content (AvgIpc) is 2.77. The molecule has 0 radical (unpaired) electrons. The quantitative estimate of drug-likeness (QED) is 0.427. The van der Waals surface area contributed by atoms with Crippen molar-refractivity contribution in [1.29, 1.82) is 0 Å². The van der Waals surface area contributed by atoms with Crippen molar-refractivity contribution in [2.45, 2.75) is 13.3 Å². The highest BCUT2D eigenvalue weighted by molar-refractivity contribution is 14.2. The second-order valence-electron chi connectivity index (χ2n) is 3.30. The molecule has 2 rings (SSSR count). The maximum absolute atomic E-state index is 14.0. The molecule has 1 aromatic heterocycles. The van der Waals surface area contributed by atoms with Crippen LogP contribution in [0.4, 0.5) is 8.78 Å². The molecule has 2 aromatic rings. The van der Waals surface area contributed by atoms with E-state index in [1.807, 2.05) is 6.92 Å². The van der Waals surface area contributed by atoms with Gasteiger partial charge in [-0.3, -0.25) is 0 Å². The van der Waals surface area contributed by atoms with Gasteiger partial charge in [0.1, 0.15) is 11.3 Å². The van der Waals surface area contributed by atoms with E-state index in [4.69, 9.17) is 0 Å². The molecule has 2 nitrogen and oxygen atoms in total. The van der Waals surface area contributed by atoms with E-state index in [0.717, 1.165) is 6.07 Å². The van der Waals surface area contributed by atoms with Gasteiger partial charge in [-0.1, -0.05) is 18.8 Å². The van der Waals surface area contributed by atoms with Gasteiger partial charge in [0.15, 0.2) is 5.82 Å². The van der Waals surface area contributed by atoms with Crippen molar-refractivity contribution in [2.24, 2.45) is 0 Å². The number of fused-ring (bicyclic) bond motifs is 1. The molecule has 1 atom stereocenters. The van der Waals surface area contributed by atoms with Crippen LogP contribution in [0.3, 0.4) is 0 Å². The first kappa shape index (κ1) is 12.7. The Morgan fingerprint density at radius 3 is 2.94 bits per heavy atom. The fraction of sp³-hybridized carbons (Fsp3) is 0.182. The Balaban J connectivity index is 2.70. The van der Waals surface area contributed by atoms with E-state index in [1.165, 1.54) is 10.6 Å². The van der Waals surface area contributed by atoms with E-state index in [-0.39, 0.29) is 16.5 Å². The number of rotatable bonds is 1. The highest BCUT2D eigenvalue weighted by atomic mass is 127. The molecule has 0 N–H and O–H groups in total. The van der Waals surface area contributed by atoms with E-state index >= 15 is 0 Å². The first-order valence-electron chi connectivity index (χ1n) is 4.90. The minimum Gasteiger partial charge on any atom is -0.244 e. The highest BCUT2D eigenvalue weighted by Gasteiger charge is 2.14. The molecule has 0 aliphatic heterocycles. The van der Waals surface area contributed by atoms with Gasteiger partial charge in [0.05, 0.1) is 17.3 Å². The molecule has 0 amide bonds. The SMILES string of the molecule is CCC#Cc1cc(F)c2nn(PI)cc2c1F. The van der Waals surface area contributed by atoms with E-state index in [1.54, 1.807) is 0 Å². The molecule has 0 spiro atoms. The molecular weight excluding hydrogens is 356 g/mol. The number of aromatic nitrogens is 2. The third-order valence-electron chi connectivity index (χ3n) is 2.17. The third kappa shape index (κ3) is 2.43. The highest BCUT2D eigenvalue weighted by Crippen LogP contribution is 2.29. The lowest BCUT2D eigenvalue weighted by atomic mass is 10.1. The zero-order chi connectivity index (χ0) is 12.4. The fourth-order valence-electron chi connectivity index (χ4n) is 1.43. The number of halogens is 3. The Labute approximate surface area is 112 Å². The van der Waals surface area contributed by atoms with Gasteiger partial charge >= 0.3 is 0 Å². The maximum Gasteiger partial charge on any atom is 0.152 e. The van der Waals surface area contributed by atoms with Gasteiger partial charge in [-0.25, -0.2) is 13.2 Å². The summed E-state index contributed by atoms with van der Waals surface area (Å²) in [6.45, 7) is 1.86. The lowest BCUT2D eigenvalue weighted by Crippen LogP contribution is -1.89. The molecule has 0 saturated carbocycles. The van der Waals surface area contributed by atoms with Gasteiger partial charge in [0, 0.05) is 12.6 Å². The molecule has 1 aromatic carbocycles. The average molecular weight is 364 g/mol. The number of hydrogen-bond acceptors (Lipinski definition) is 1. The molecule has 0 fully saturated rings. The molecule has 88 valence electrons. The summed E-state index contributed by atoms with van der Waals surface area (Å²) >= 11 is 2.10. The minimum atomic E-state index is -0.532. The van der Waals surface area contributed by atoms with Crippen LogP contribution in [0.25, 0.3) is 10.9 Å². The summed E-state index contributed by atoms with van der Waals surface area (Å²) in [5.41, 5.74) is 0.155. The maximum atomic E-state index is 14.0. The van der Waals surface area contributed by atoms with E-state index in [0.29, 0.717) is 12.8 Å². The van der Waals surface area contributed by atoms with Crippen LogP contribution in [0.1, 0.15) is 18.9 Å². The first-order valence-corrected chi connectivity index (χ1v) is 8.96. The largest absolute Gasteiger partial charge is 0.244 e. The second-order valence-corrected chi connectivity index (χ2v) is 5.37. The molecule has 6 heteroatoms.